The number of nitrogen functional groups attached to an aromatic ring is 1. The lowest BCUT2D eigenvalue weighted by Crippen LogP contribution is -2.28. The highest BCUT2D eigenvalue weighted by Crippen LogP contribution is 2.41. The van der Waals surface area contributed by atoms with Crippen molar-refractivity contribution in [2.75, 3.05) is 18.2 Å². The largest absolute Gasteiger partial charge is 0.524 e. The maximum absolute atomic E-state index is 12.4. The number of benzene rings is 2. The number of rotatable bonds is 10. The summed E-state index contributed by atoms with van der Waals surface area (Å²) in [6.07, 6.45) is 2.36. The Morgan fingerprint density at radius 1 is 1.18 bits per heavy atom. The SMILES string of the molecule is CCCCc1nc2c(N)nc3ccc(C(C)=[N+](CC)C(=O)CCl)cc3c2n1Cc1cc(O)ccc1OP(=O)(O)O. The van der Waals surface area contributed by atoms with Gasteiger partial charge in [-0.05, 0) is 49.7 Å². The number of carbonyl (C=O) groups is 1. The van der Waals surface area contributed by atoms with Crippen LogP contribution in [0.3, 0.4) is 0 Å². The molecule has 0 radical (unpaired) electrons. The number of phosphoric ester groups is 1. The number of amides is 1. The van der Waals surface area contributed by atoms with Crippen LogP contribution >= 0.6 is 19.4 Å². The number of carbonyl (C=O) groups excluding carboxylic acids is 1. The van der Waals surface area contributed by atoms with Crippen molar-refractivity contribution in [3.05, 3.63) is 53.3 Å². The standard InChI is InChI=1S/C27H31ClN5O6P/c1-4-6-7-23-31-25-26(33(23)15-18-12-19(34)9-11-22(18)39-40(36,37)38)20-13-17(8-10-21(20)30-27(25)29)16(3)32(5-2)24(35)14-28/h8-13,29H,4-7,14-15H2,1-3H3,(H3,34,36,37,38)/p+1. The van der Waals surface area contributed by atoms with Crippen molar-refractivity contribution in [2.24, 2.45) is 0 Å². The molecule has 11 nitrogen and oxygen atoms in total. The molecule has 0 aliphatic rings. The fraction of sp³-hybridized carbons (Fsp3) is 0.333. The minimum absolute atomic E-state index is 0.0659. The van der Waals surface area contributed by atoms with Crippen LogP contribution in [0.25, 0.3) is 21.9 Å². The minimum Gasteiger partial charge on any atom is -0.508 e. The number of halogens is 1. The first-order valence-corrected chi connectivity index (χ1v) is 14.9. The van der Waals surface area contributed by atoms with Gasteiger partial charge in [0, 0.05) is 29.9 Å². The maximum atomic E-state index is 12.4. The number of alkyl halides is 1. The Morgan fingerprint density at radius 3 is 2.58 bits per heavy atom. The van der Waals surface area contributed by atoms with E-state index in [-0.39, 0.29) is 35.6 Å². The number of nitrogens with zero attached hydrogens (tertiary/aromatic N) is 4. The van der Waals surface area contributed by atoms with Gasteiger partial charge in [0.15, 0.2) is 11.5 Å². The molecule has 0 aliphatic heterocycles. The lowest BCUT2D eigenvalue weighted by molar-refractivity contribution is -0.443. The van der Waals surface area contributed by atoms with E-state index in [1.807, 2.05) is 36.6 Å². The van der Waals surface area contributed by atoms with Crippen LogP contribution in [0.1, 0.15) is 50.6 Å². The summed E-state index contributed by atoms with van der Waals surface area (Å²) in [4.78, 5) is 40.7. The van der Waals surface area contributed by atoms with Crippen molar-refractivity contribution in [3.63, 3.8) is 0 Å². The molecule has 0 fully saturated rings. The topological polar surface area (TPSA) is 164 Å². The number of phenols is 1. The average Bonchev–Trinajstić information content (AvgIpc) is 3.27. The summed E-state index contributed by atoms with van der Waals surface area (Å²) in [5, 5.41) is 10.9. The minimum atomic E-state index is -4.87. The Balaban J connectivity index is 2.01. The van der Waals surface area contributed by atoms with Crippen LogP contribution in [0.5, 0.6) is 11.5 Å². The molecule has 40 heavy (non-hydrogen) atoms. The third kappa shape index (κ3) is 6.13. The lowest BCUT2D eigenvalue weighted by Gasteiger charge is -2.16. The number of phosphoric acid groups is 1. The Bertz CT molecular complexity index is 1680. The molecule has 212 valence electrons. The van der Waals surface area contributed by atoms with E-state index < -0.39 is 7.82 Å². The van der Waals surface area contributed by atoms with Crippen LogP contribution in [-0.4, -0.2) is 58.0 Å². The second-order valence-corrected chi connectivity index (χ2v) is 10.8. The van der Waals surface area contributed by atoms with Crippen LogP contribution < -0.4 is 10.3 Å². The highest BCUT2D eigenvalue weighted by Gasteiger charge is 2.24. The molecule has 0 spiro atoms. The summed E-state index contributed by atoms with van der Waals surface area (Å²) in [5.74, 6) is 0.427. The Morgan fingerprint density at radius 2 is 1.93 bits per heavy atom. The predicted octanol–water partition coefficient (Wildman–Crippen LogP) is 4.34. The number of unbranched alkanes of at least 4 members (excludes halogenated alkanes) is 1. The van der Waals surface area contributed by atoms with Crippen LogP contribution in [0.2, 0.25) is 0 Å². The first kappa shape index (κ1) is 29.5. The number of hydrogen-bond donors (Lipinski definition) is 4. The van der Waals surface area contributed by atoms with E-state index in [0.29, 0.717) is 40.9 Å². The monoisotopic (exact) mass is 588 g/mol. The van der Waals surface area contributed by atoms with Crippen molar-refractivity contribution in [3.8, 4) is 11.5 Å². The van der Waals surface area contributed by atoms with Gasteiger partial charge in [-0.3, -0.25) is 9.79 Å². The number of pyridine rings is 1. The summed E-state index contributed by atoms with van der Waals surface area (Å²) in [5.41, 5.74) is 9.97. The van der Waals surface area contributed by atoms with Gasteiger partial charge in [-0.1, -0.05) is 13.3 Å². The van der Waals surface area contributed by atoms with Crippen molar-refractivity contribution in [2.45, 2.75) is 46.6 Å². The zero-order valence-electron chi connectivity index (χ0n) is 22.5. The maximum Gasteiger partial charge on any atom is 0.524 e. The quantitative estimate of drug-likeness (QED) is 0.0912. The van der Waals surface area contributed by atoms with E-state index in [2.05, 4.69) is 11.9 Å². The first-order chi connectivity index (χ1) is 19.0. The third-order valence-corrected chi connectivity index (χ3v) is 7.34. The second kappa shape index (κ2) is 11.9. The van der Waals surface area contributed by atoms with Gasteiger partial charge in [0.1, 0.15) is 35.3 Å². The van der Waals surface area contributed by atoms with Crippen molar-refractivity contribution < 1.29 is 33.4 Å². The summed E-state index contributed by atoms with van der Waals surface area (Å²) in [6, 6.07) is 9.60. The van der Waals surface area contributed by atoms with Crippen LogP contribution in [0, 0.1) is 0 Å². The van der Waals surface area contributed by atoms with E-state index in [9.17, 15) is 24.3 Å². The number of phenolic OH excluding ortho intramolecular Hbond substituents is 1. The first-order valence-electron chi connectivity index (χ1n) is 12.8. The van der Waals surface area contributed by atoms with Gasteiger partial charge in [0.25, 0.3) is 0 Å². The number of aromatic nitrogens is 3. The lowest BCUT2D eigenvalue weighted by atomic mass is 10.1. The zero-order valence-corrected chi connectivity index (χ0v) is 24.1. The van der Waals surface area contributed by atoms with Gasteiger partial charge in [-0.25, -0.2) is 19.3 Å². The number of hydrogen-bond acceptors (Lipinski definition) is 7. The molecule has 0 saturated heterocycles. The molecular weight excluding hydrogens is 557 g/mol. The molecule has 0 saturated carbocycles. The van der Waals surface area contributed by atoms with E-state index in [4.69, 9.17) is 26.8 Å². The summed E-state index contributed by atoms with van der Waals surface area (Å²) in [6.45, 7) is 6.31. The number of nitrogens with two attached hydrogens (primary N) is 1. The zero-order chi connectivity index (χ0) is 29.2. The number of fused-ring (bicyclic) bond motifs is 3. The summed E-state index contributed by atoms with van der Waals surface area (Å²) in [7, 11) is -4.87. The molecule has 1 amide bonds. The molecule has 4 aromatic rings. The average molecular weight is 589 g/mol. The fourth-order valence-electron chi connectivity index (χ4n) is 4.78. The van der Waals surface area contributed by atoms with Gasteiger partial charge < -0.3 is 19.9 Å². The molecule has 2 aromatic heterocycles. The number of aromatic hydroxyl groups is 1. The highest BCUT2D eigenvalue weighted by atomic mass is 35.5. The van der Waals surface area contributed by atoms with Crippen molar-refractivity contribution in [1.82, 2.24) is 14.5 Å². The van der Waals surface area contributed by atoms with Gasteiger partial charge in [-0.15, -0.1) is 11.6 Å². The summed E-state index contributed by atoms with van der Waals surface area (Å²) >= 11 is 5.84. The number of imidazole rings is 1. The molecule has 4 rings (SSSR count). The van der Waals surface area contributed by atoms with Crippen LogP contribution in [0.4, 0.5) is 5.82 Å². The van der Waals surface area contributed by atoms with E-state index in [1.165, 1.54) is 18.2 Å². The highest BCUT2D eigenvalue weighted by molar-refractivity contribution is 7.46. The third-order valence-electron chi connectivity index (χ3n) is 6.68. The van der Waals surface area contributed by atoms with E-state index in [0.717, 1.165) is 29.5 Å². The molecule has 0 unspecified atom stereocenters. The fourth-order valence-corrected chi connectivity index (χ4v) is 5.36. The Kier molecular flexibility index (Phi) is 8.80. The van der Waals surface area contributed by atoms with E-state index in [1.54, 1.807) is 4.58 Å². The molecule has 0 atom stereocenters. The molecule has 5 N–H and O–H groups in total. The van der Waals surface area contributed by atoms with Gasteiger partial charge in [0.2, 0.25) is 0 Å². The second-order valence-electron chi connectivity index (χ2n) is 9.37. The van der Waals surface area contributed by atoms with Gasteiger partial charge in [-0.2, -0.15) is 4.58 Å². The molecule has 2 aromatic carbocycles. The molecule has 0 aliphatic carbocycles. The van der Waals surface area contributed by atoms with Crippen molar-refractivity contribution in [1.29, 1.82) is 0 Å². The molecule has 0 bridgehead atoms. The summed E-state index contributed by atoms with van der Waals surface area (Å²) < 4.78 is 20.1. The molecule has 2 heterocycles. The van der Waals surface area contributed by atoms with Crippen LogP contribution in [0.15, 0.2) is 36.4 Å². The smallest absolute Gasteiger partial charge is 0.508 e. The predicted molar refractivity (Wildman–Crippen MR) is 154 cm³/mol. The molecular formula is C27H32ClN5O6P+. The van der Waals surface area contributed by atoms with Crippen LogP contribution in [-0.2, 0) is 22.3 Å². The van der Waals surface area contributed by atoms with Gasteiger partial charge >= 0.3 is 13.7 Å². The van der Waals surface area contributed by atoms with Crippen molar-refractivity contribution >= 4 is 58.8 Å². The number of aryl methyl sites for hydroxylation is 1. The normalized spacial score (nSPS) is 12.7. The van der Waals surface area contributed by atoms with Gasteiger partial charge in [0.05, 0.1) is 17.6 Å². The van der Waals surface area contributed by atoms with E-state index >= 15 is 0 Å². The number of anilines is 1. The Labute approximate surface area is 236 Å². The Hall–Kier alpha value is -3.50. The molecule has 13 heteroatoms.